The van der Waals surface area contributed by atoms with Crippen LogP contribution in [0, 0.1) is 6.92 Å². The van der Waals surface area contributed by atoms with E-state index in [0.29, 0.717) is 11.3 Å². The van der Waals surface area contributed by atoms with Crippen molar-refractivity contribution in [3.8, 4) is 5.75 Å². The van der Waals surface area contributed by atoms with Gasteiger partial charge in [-0.1, -0.05) is 0 Å². The molecule has 0 fully saturated rings. The van der Waals surface area contributed by atoms with Gasteiger partial charge in [-0.3, -0.25) is 4.79 Å². The summed E-state index contributed by atoms with van der Waals surface area (Å²) in [6.07, 6.45) is -0.554. The van der Waals surface area contributed by atoms with E-state index < -0.39 is 18.0 Å². The number of ether oxygens (including phenoxy) is 1. The smallest absolute Gasteiger partial charge is 0.335 e. The number of hydrogen-bond acceptors (Lipinski definition) is 3. The van der Waals surface area contributed by atoms with Gasteiger partial charge in [-0.15, -0.1) is 0 Å². The minimum absolute atomic E-state index is 0.0971. The largest absolute Gasteiger partial charge is 0.490 e. The van der Waals surface area contributed by atoms with Gasteiger partial charge >= 0.3 is 11.9 Å². The number of carboxylic acid groups (broad SMARTS) is 2. The van der Waals surface area contributed by atoms with Gasteiger partial charge in [-0.2, -0.15) is 0 Å². The molecule has 0 heterocycles. The first-order valence-electron chi connectivity index (χ1n) is 5.12. The number of hydrogen-bond donors (Lipinski definition) is 2. The Morgan fingerprint density at radius 3 is 2.47 bits per heavy atom. The molecule has 0 aromatic heterocycles. The zero-order chi connectivity index (χ0) is 13.0. The van der Waals surface area contributed by atoms with E-state index >= 15 is 0 Å². The fourth-order valence-corrected chi connectivity index (χ4v) is 1.42. The summed E-state index contributed by atoms with van der Waals surface area (Å²) in [6.45, 7) is 3.37. The number of aryl methyl sites for hydroxylation is 1. The highest BCUT2D eigenvalue weighted by molar-refractivity contribution is 5.88. The lowest BCUT2D eigenvalue weighted by molar-refractivity contribution is -0.138. The molecule has 0 saturated heterocycles. The van der Waals surface area contributed by atoms with Gasteiger partial charge in [-0.25, -0.2) is 4.79 Å². The molecule has 1 aromatic carbocycles. The molecule has 0 aliphatic rings. The van der Waals surface area contributed by atoms with Crippen LogP contribution in [0.3, 0.4) is 0 Å². The monoisotopic (exact) mass is 238 g/mol. The summed E-state index contributed by atoms with van der Waals surface area (Å²) >= 11 is 0. The van der Waals surface area contributed by atoms with E-state index in [-0.39, 0.29) is 12.0 Å². The van der Waals surface area contributed by atoms with Crippen LogP contribution in [-0.2, 0) is 4.79 Å². The first kappa shape index (κ1) is 13.0. The van der Waals surface area contributed by atoms with E-state index in [1.54, 1.807) is 13.8 Å². The van der Waals surface area contributed by atoms with Crippen LogP contribution in [0.15, 0.2) is 18.2 Å². The molecule has 0 aliphatic heterocycles. The lowest BCUT2D eigenvalue weighted by atomic mass is 10.1. The van der Waals surface area contributed by atoms with Crippen LogP contribution < -0.4 is 4.74 Å². The van der Waals surface area contributed by atoms with Crippen LogP contribution in [0.25, 0.3) is 0 Å². The average Bonchev–Trinajstić information content (AvgIpc) is 2.19. The minimum atomic E-state index is -1.00. The maximum absolute atomic E-state index is 10.7. The van der Waals surface area contributed by atoms with Crippen molar-refractivity contribution >= 4 is 11.9 Å². The molecule has 0 aliphatic carbocycles. The quantitative estimate of drug-likeness (QED) is 0.818. The molecule has 17 heavy (non-hydrogen) atoms. The fraction of sp³-hybridized carbons (Fsp3) is 0.333. The van der Waals surface area contributed by atoms with Crippen molar-refractivity contribution in [3.63, 3.8) is 0 Å². The summed E-state index contributed by atoms with van der Waals surface area (Å²) in [5, 5.41) is 17.4. The van der Waals surface area contributed by atoms with E-state index in [9.17, 15) is 9.59 Å². The summed E-state index contributed by atoms with van der Waals surface area (Å²) in [6, 6.07) is 4.46. The lowest BCUT2D eigenvalue weighted by Gasteiger charge is -2.14. The van der Waals surface area contributed by atoms with Crippen LogP contribution in [0.5, 0.6) is 5.75 Å². The third-order valence-corrected chi connectivity index (χ3v) is 2.21. The standard InChI is InChI=1S/C12H14O5/c1-7-5-9(12(15)16)3-4-10(7)17-8(2)6-11(13)14/h3-5,8H,6H2,1-2H3,(H,13,14)(H,15,16). The Labute approximate surface area is 98.6 Å². The van der Waals surface area contributed by atoms with Gasteiger partial charge in [0, 0.05) is 0 Å². The Hall–Kier alpha value is -2.04. The van der Waals surface area contributed by atoms with Crippen molar-refractivity contribution in [1.29, 1.82) is 0 Å². The molecule has 0 bridgehead atoms. The molecule has 0 amide bonds. The molecule has 2 N–H and O–H groups in total. The summed E-state index contributed by atoms with van der Waals surface area (Å²) in [7, 11) is 0. The molecule has 1 atom stereocenters. The van der Waals surface area contributed by atoms with Crippen molar-refractivity contribution in [1.82, 2.24) is 0 Å². The topological polar surface area (TPSA) is 83.8 Å². The predicted molar refractivity (Wildman–Crippen MR) is 60.5 cm³/mol. The van der Waals surface area contributed by atoms with E-state index in [4.69, 9.17) is 14.9 Å². The van der Waals surface area contributed by atoms with Gasteiger partial charge in [0.2, 0.25) is 0 Å². The Morgan fingerprint density at radius 2 is 2.00 bits per heavy atom. The maximum atomic E-state index is 10.7. The van der Waals surface area contributed by atoms with E-state index in [1.807, 2.05) is 0 Å². The van der Waals surface area contributed by atoms with Crippen LogP contribution in [0.1, 0.15) is 29.3 Å². The second-order valence-corrected chi connectivity index (χ2v) is 3.81. The number of rotatable bonds is 5. The molecule has 1 rings (SSSR count). The Balaban J connectivity index is 2.79. The normalized spacial score (nSPS) is 11.9. The number of aliphatic carboxylic acids is 1. The molecule has 5 nitrogen and oxygen atoms in total. The van der Waals surface area contributed by atoms with Gasteiger partial charge < -0.3 is 14.9 Å². The highest BCUT2D eigenvalue weighted by Gasteiger charge is 2.12. The molecule has 1 unspecified atom stereocenters. The highest BCUT2D eigenvalue weighted by Crippen LogP contribution is 2.21. The summed E-state index contributed by atoms with van der Waals surface area (Å²) in [5.41, 5.74) is 0.850. The Morgan fingerprint density at radius 1 is 1.35 bits per heavy atom. The third-order valence-electron chi connectivity index (χ3n) is 2.21. The first-order valence-corrected chi connectivity index (χ1v) is 5.12. The summed E-state index contributed by atoms with van der Waals surface area (Å²) in [4.78, 5) is 21.2. The van der Waals surface area contributed by atoms with Gasteiger partial charge in [0.1, 0.15) is 11.9 Å². The first-order chi connectivity index (χ1) is 7.90. The maximum Gasteiger partial charge on any atom is 0.335 e. The Bertz CT molecular complexity index is 439. The van der Waals surface area contributed by atoms with Crippen molar-refractivity contribution in [3.05, 3.63) is 29.3 Å². The van der Waals surface area contributed by atoms with Crippen molar-refractivity contribution in [2.45, 2.75) is 26.4 Å². The summed E-state index contributed by atoms with van der Waals surface area (Å²) < 4.78 is 5.42. The average molecular weight is 238 g/mol. The van der Waals surface area contributed by atoms with Crippen LogP contribution in [-0.4, -0.2) is 28.3 Å². The molecular weight excluding hydrogens is 224 g/mol. The second-order valence-electron chi connectivity index (χ2n) is 3.81. The number of carboxylic acids is 2. The van der Waals surface area contributed by atoms with Crippen molar-refractivity contribution in [2.75, 3.05) is 0 Å². The van der Waals surface area contributed by atoms with Crippen LogP contribution >= 0.6 is 0 Å². The Kier molecular flexibility index (Phi) is 4.09. The fourth-order valence-electron chi connectivity index (χ4n) is 1.42. The van der Waals surface area contributed by atoms with E-state index in [1.165, 1.54) is 18.2 Å². The van der Waals surface area contributed by atoms with Crippen LogP contribution in [0.2, 0.25) is 0 Å². The van der Waals surface area contributed by atoms with Gasteiger partial charge in [0.25, 0.3) is 0 Å². The third kappa shape index (κ3) is 3.79. The molecule has 0 radical (unpaired) electrons. The second kappa shape index (κ2) is 5.34. The number of carbonyl (C=O) groups is 2. The van der Waals surface area contributed by atoms with Gasteiger partial charge in [-0.05, 0) is 37.6 Å². The molecule has 0 spiro atoms. The van der Waals surface area contributed by atoms with Gasteiger partial charge in [0.05, 0.1) is 12.0 Å². The van der Waals surface area contributed by atoms with Gasteiger partial charge in [0.15, 0.2) is 0 Å². The number of benzene rings is 1. The molecule has 5 heteroatoms. The summed E-state index contributed by atoms with van der Waals surface area (Å²) in [5.74, 6) is -1.43. The number of aromatic carboxylic acids is 1. The van der Waals surface area contributed by atoms with Crippen LogP contribution in [0.4, 0.5) is 0 Å². The molecule has 1 aromatic rings. The molecule has 92 valence electrons. The molecular formula is C12H14O5. The van der Waals surface area contributed by atoms with E-state index in [0.717, 1.165) is 0 Å². The highest BCUT2D eigenvalue weighted by atomic mass is 16.5. The van der Waals surface area contributed by atoms with E-state index in [2.05, 4.69) is 0 Å². The predicted octanol–water partition coefficient (Wildman–Crippen LogP) is 1.94. The van der Waals surface area contributed by atoms with Crippen molar-refractivity contribution in [2.24, 2.45) is 0 Å². The zero-order valence-corrected chi connectivity index (χ0v) is 9.64. The lowest BCUT2D eigenvalue weighted by Crippen LogP contribution is -2.17. The minimum Gasteiger partial charge on any atom is -0.490 e. The zero-order valence-electron chi connectivity index (χ0n) is 9.64. The van der Waals surface area contributed by atoms with Crippen molar-refractivity contribution < 1.29 is 24.5 Å². The molecule has 0 saturated carbocycles. The SMILES string of the molecule is Cc1cc(C(=O)O)ccc1OC(C)CC(=O)O.